The summed E-state index contributed by atoms with van der Waals surface area (Å²) in [5, 5.41) is 12.2. The smallest absolute Gasteiger partial charge is 0.277 e. The highest BCUT2D eigenvalue weighted by Crippen LogP contribution is 2.32. The minimum absolute atomic E-state index is 0.110. The van der Waals surface area contributed by atoms with Crippen LogP contribution in [0.25, 0.3) is 10.8 Å². The van der Waals surface area contributed by atoms with E-state index in [1.807, 2.05) is 19.1 Å². The molecule has 0 unspecified atom stereocenters. The van der Waals surface area contributed by atoms with Crippen molar-refractivity contribution in [3.63, 3.8) is 0 Å². The Morgan fingerprint density at radius 1 is 1.19 bits per heavy atom. The van der Waals surface area contributed by atoms with Crippen LogP contribution in [0.5, 0.6) is 5.75 Å². The van der Waals surface area contributed by atoms with Crippen LogP contribution in [-0.2, 0) is 0 Å². The molecule has 0 saturated heterocycles. The number of ether oxygens (including phenoxy) is 1. The van der Waals surface area contributed by atoms with E-state index in [-0.39, 0.29) is 10.6 Å². The van der Waals surface area contributed by atoms with Gasteiger partial charge in [-0.3, -0.25) is 10.1 Å². The molecule has 82 valence electrons. The molecule has 0 aliphatic heterocycles. The zero-order chi connectivity index (χ0) is 11.5. The van der Waals surface area contributed by atoms with Gasteiger partial charge < -0.3 is 4.74 Å². The molecule has 0 aliphatic rings. The Labute approximate surface area is 92.6 Å². The lowest BCUT2D eigenvalue weighted by atomic mass is 10.1. The Morgan fingerprint density at radius 3 is 2.50 bits per heavy atom. The number of fused-ring (bicyclic) bond motifs is 1. The number of hydrogen-bond acceptors (Lipinski definition) is 3. The molecular formula is C12H11NO3. The molecule has 16 heavy (non-hydrogen) atoms. The molecule has 0 fully saturated rings. The fourth-order valence-electron chi connectivity index (χ4n) is 1.70. The summed E-state index contributed by atoms with van der Waals surface area (Å²) in [6.45, 7) is 2.43. The second-order valence-corrected chi connectivity index (χ2v) is 3.32. The highest BCUT2D eigenvalue weighted by Gasteiger charge is 2.13. The van der Waals surface area contributed by atoms with Gasteiger partial charge in [-0.15, -0.1) is 0 Å². The predicted octanol–water partition coefficient (Wildman–Crippen LogP) is 3.15. The first-order chi connectivity index (χ1) is 7.74. The molecule has 4 nitrogen and oxygen atoms in total. The number of non-ortho nitro benzene ring substituents is 1. The average Bonchev–Trinajstić information content (AvgIpc) is 2.29. The van der Waals surface area contributed by atoms with Crippen molar-refractivity contribution < 1.29 is 9.66 Å². The van der Waals surface area contributed by atoms with E-state index >= 15 is 0 Å². The Hall–Kier alpha value is -2.10. The Morgan fingerprint density at radius 2 is 1.88 bits per heavy atom. The van der Waals surface area contributed by atoms with Gasteiger partial charge in [0.25, 0.3) is 5.69 Å². The monoisotopic (exact) mass is 217 g/mol. The Bertz CT molecular complexity index is 537. The minimum atomic E-state index is -0.377. The zero-order valence-electron chi connectivity index (χ0n) is 8.84. The lowest BCUT2D eigenvalue weighted by Crippen LogP contribution is -1.95. The van der Waals surface area contributed by atoms with Gasteiger partial charge in [0.1, 0.15) is 5.75 Å². The van der Waals surface area contributed by atoms with Gasteiger partial charge in [0.05, 0.1) is 16.9 Å². The largest absolute Gasteiger partial charge is 0.493 e. The average molecular weight is 217 g/mol. The van der Waals surface area contributed by atoms with E-state index < -0.39 is 0 Å². The van der Waals surface area contributed by atoms with E-state index in [1.165, 1.54) is 6.07 Å². The van der Waals surface area contributed by atoms with E-state index in [0.29, 0.717) is 17.7 Å². The molecule has 0 amide bonds. The van der Waals surface area contributed by atoms with Gasteiger partial charge in [-0.05, 0) is 19.1 Å². The summed E-state index contributed by atoms with van der Waals surface area (Å²) in [6, 6.07) is 10.3. The van der Waals surface area contributed by atoms with E-state index in [0.717, 1.165) is 5.39 Å². The van der Waals surface area contributed by atoms with Gasteiger partial charge in [-0.1, -0.05) is 18.2 Å². The van der Waals surface area contributed by atoms with Gasteiger partial charge in [-0.2, -0.15) is 0 Å². The summed E-state index contributed by atoms with van der Waals surface area (Å²) in [7, 11) is 0. The lowest BCUT2D eigenvalue weighted by molar-refractivity contribution is -0.383. The molecule has 0 saturated carbocycles. The Kier molecular flexibility index (Phi) is 2.72. The number of rotatable bonds is 3. The molecule has 2 aromatic rings. The quantitative estimate of drug-likeness (QED) is 0.586. The predicted molar refractivity (Wildman–Crippen MR) is 61.8 cm³/mol. The fourth-order valence-corrected chi connectivity index (χ4v) is 1.70. The molecule has 0 N–H and O–H groups in total. The first-order valence-electron chi connectivity index (χ1n) is 5.03. The number of hydrogen-bond donors (Lipinski definition) is 0. The third-order valence-electron chi connectivity index (χ3n) is 2.36. The highest BCUT2D eigenvalue weighted by atomic mass is 16.6. The van der Waals surface area contributed by atoms with Crippen molar-refractivity contribution in [2.24, 2.45) is 0 Å². The van der Waals surface area contributed by atoms with Crippen molar-refractivity contribution in [3.8, 4) is 5.75 Å². The molecule has 2 rings (SSSR count). The van der Waals surface area contributed by atoms with Crippen LogP contribution in [0.3, 0.4) is 0 Å². The number of nitrogens with zero attached hydrogens (tertiary/aromatic N) is 1. The second-order valence-electron chi connectivity index (χ2n) is 3.32. The van der Waals surface area contributed by atoms with Crippen molar-refractivity contribution in [2.45, 2.75) is 6.92 Å². The van der Waals surface area contributed by atoms with Crippen LogP contribution in [0.4, 0.5) is 5.69 Å². The van der Waals surface area contributed by atoms with Gasteiger partial charge in [-0.25, -0.2) is 0 Å². The van der Waals surface area contributed by atoms with Crippen LogP contribution < -0.4 is 4.74 Å². The van der Waals surface area contributed by atoms with Crippen molar-refractivity contribution >= 4 is 16.5 Å². The molecule has 0 atom stereocenters. The second kappa shape index (κ2) is 4.18. The number of benzene rings is 2. The van der Waals surface area contributed by atoms with Crippen LogP contribution in [0.1, 0.15) is 6.92 Å². The molecule has 0 spiro atoms. The fraction of sp³-hybridized carbons (Fsp3) is 0.167. The maximum Gasteiger partial charge on any atom is 0.277 e. The van der Waals surface area contributed by atoms with Crippen LogP contribution in [0.15, 0.2) is 36.4 Å². The van der Waals surface area contributed by atoms with Gasteiger partial charge >= 0.3 is 0 Å². The van der Waals surface area contributed by atoms with Crippen molar-refractivity contribution in [3.05, 3.63) is 46.5 Å². The molecule has 2 aromatic carbocycles. The molecule has 0 radical (unpaired) electrons. The maximum atomic E-state index is 10.8. The van der Waals surface area contributed by atoms with Crippen LogP contribution in [-0.4, -0.2) is 11.5 Å². The standard InChI is InChI=1S/C12H11NO3/c1-2-16-12-8-7-11(13(14)15)9-5-3-4-6-10(9)12/h3-8H,2H2,1H3. The van der Waals surface area contributed by atoms with Gasteiger partial charge in [0.2, 0.25) is 0 Å². The van der Waals surface area contributed by atoms with E-state index in [9.17, 15) is 10.1 Å². The summed E-state index contributed by atoms with van der Waals surface area (Å²) in [5.74, 6) is 0.684. The van der Waals surface area contributed by atoms with Gasteiger partial charge in [0, 0.05) is 11.5 Å². The Balaban J connectivity index is 2.71. The topological polar surface area (TPSA) is 52.4 Å². The molecule has 0 aromatic heterocycles. The van der Waals surface area contributed by atoms with Crippen LogP contribution >= 0.6 is 0 Å². The van der Waals surface area contributed by atoms with Crippen LogP contribution in [0.2, 0.25) is 0 Å². The van der Waals surface area contributed by atoms with Crippen molar-refractivity contribution in [1.82, 2.24) is 0 Å². The van der Waals surface area contributed by atoms with Gasteiger partial charge in [0.15, 0.2) is 0 Å². The molecule has 0 aliphatic carbocycles. The summed E-state index contributed by atoms with van der Waals surface area (Å²) < 4.78 is 5.43. The van der Waals surface area contributed by atoms with Crippen molar-refractivity contribution in [1.29, 1.82) is 0 Å². The summed E-state index contributed by atoms with van der Waals surface area (Å²) in [4.78, 5) is 10.5. The maximum absolute atomic E-state index is 10.8. The first-order valence-corrected chi connectivity index (χ1v) is 5.03. The third-order valence-corrected chi connectivity index (χ3v) is 2.36. The normalized spacial score (nSPS) is 10.3. The third kappa shape index (κ3) is 1.69. The van der Waals surface area contributed by atoms with Crippen molar-refractivity contribution in [2.75, 3.05) is 6.61 Å². The van der Waals surface area contributed by atoms with E-state index in [2.05, 4.69) is 0 Å². The van der Waals surface area contributed by atoms with E-state index in [1.54, 1.807) is 18.2 Å². The zero-order valence-corrected chi connectivity index (χ0v) is 8.84. The minimum Gasteiger partial charge on any atom is -0.493 e. The molecule has 0 heterocycles. The first kappa shape index (κ1) is 10.4. The molecule has 0 bridgehead atoms. The van der Waals surface area contributed by atoms with Crippen LogP contribution in [0, 0.1) is 10.1 Å². The SMILES string of the molecule is CCOc1ccc([N+](=O)[O-])c2ccccc12. The lowest BCUT2D eigenvalue weighted by Gasteiger charge is -2.07. The highest BCUT2D eigenvalue weighted by molar-refractivity contribution is 5.95. The summed E-state index contributed by atoms with van der Waals surface area (Å²) in [5.41, 5.74) is 0.110. The summed E-state index contributed by atoms with van der Waals surface area (Å²) >= 11 is 0. The molecular weight excluding hydrogens is 206 g/mol. The summed E-state index contributed by atoms with van der Waals surface area (Å²) in [6.07, 6.45) is 0. The number of nitro groups is 1. The number of nitro benzene ring substituents is 1. The van der Waals surface area contributed by atoms with E-state index in [4.69, 9.17) is 4.74 Å². The molecule has 4 heteroatoms.